The van der Waals surface area contributed by atoms with E-state index >= 15 is 0 Å². The zero-order chi connectivity index (χ0) is 27.4. The van der Waals surface area contributed by atoms with Gasteiger partial charge in [0.05, 0.1) is 11.3 Å². The number of nitrogens with one attached hydrogen (secondary N) is 3. The summed E-state index contributed by atoms with van der Waals surface area (Å²) in [7, 11) is 4.07. The minimum atomic E-state index is -0.248. The second-order valence-electron chi connectivity index (χ2n) is 9.66. The van der Waals surface area contributed by atoms with Gasteiger partial charge in [-0.3, -0.25) is 9.59 Å². The summed E-state index contributed by atoms with van der Waals surface area (Å²) in [5, 5.41) is 9.96. The zero-order valence-electron chi connectivity index (χ0n) is 21.8. The molecule has 0 atom stereocenters. The van der Waals surface area contributed by atoms with Gasteiger partial charge in [-0.1, -0.05) is 72.3 Å². The van der Waals surface area contributed by atoms with E-state index in [4.69, 9.17) is 11.6 Å². The second-order valence-corrected chi connectivity index (χ2v) is 10.1. The maximum Gasteiger partial charge on any atom is 0.258 e. The van der Waals surface area contributed by atoms with Gasteiger partial charge in [-0.05, 0) is 67.2 Å². The number of rotatable bonds is 8. The largest absolute Gasteiger partial charge is 0.354 e. The van der Waals surface area contributed by atoms with E-state index in [9.17, 15) is 9.59 Å². The Morgan fingerprint density at radius 3 is 2.31 bits per heavy atom. The van der Waals surface area contributed by atoms with Gasteiger partial charge in [0.2, 0.25) is 0 Å². The molecule has 0 saturated heterocycles. The molecule has 0 saturated carbocycles. The Morgan fingerprint density at radius 1 is 0.872 bits per heavy atom. The zero-order valence-corrected chi connectivity index (χ0v) is 22.5. The van der Waals surface area contributed by atoms with Gasteiger partial charge >= 0.3 is 0 Å². The van der Waals surface area contributed by atoms with Crippen molar-refractivity contribution in [3.05, 3.63) is 130 Å². The number of fused-ring (bicyclic) bond motifs is 1. The summed E-state index contributed by atoms with van der Waals surface area (Å²) >= 11 is 6.24. The van der Waals surface area contributed by atoms with Crippen molar-refractivity contribution in [1.82, 2.24) is 10.2 Å². The fourth-order valence-electron chi connectivity index (χ4n) is 4.56. The number of benzene rings is 4. The van der Waals surface area contributed by atoms with Crippen LogP contribution in [-0.4, -0.2) is 30.8 Å². The molecule has 39 heavy (non-hydrogen) atoms. The number of anilines is 2. The number of halogens is 1. The standard InChI is InChI=1S/C32H29ClN4O2/c1-37(2)20-21-12-15-25(16-13-21)35-30(22-8-4-3-5-9-22)29-26-18-23(14-17-28(26)36-32(29)39)31(38)34-19-24-10-6-7-11-27(24)33/h3-18,35H,19-20H2,1-2H3,(H,34,38)(H,36,39)/b30-29-. The quantitative estimate of drug-likeness (QED) is 0.232. The lowest BCUT2D eigenvalue weighted by atomic mass is 9.98. The Hall–Kier alpha value is -4.39. The SMILES string of the molecule is CN(C)Cc1ccc(N/C(=C2\C(=O)Nc3ccc(C(=O)NCc4ccccc4Cl)cc32)c2ccccc2)cc1. The first-order valence-electron chi connectivity index (χ1n) is 12.7. The van der Waals surface area contributed by atoms with Crippen LogP contribution in [0.1, 0.15) is 32.6 Å². The minimum absolute atomic E-state index is 0.228. The van der Waals surface area contributed by atoms with Gasteiger partial charge in [0.25, 0.3) is 11.8 Å². The number of hydrogen-bond acceptors (Lipinski definition) is 4. The molecule has 4 aromatic rings. The Balaban J connectivity index is 1.49. The molecule has 196 valence electrons. The first-order chi connectivity index (χ1) is 18.9. The van der Waals surface area contributed by atoms with Crippen LogP contribution in [0.4, 0.5) is 11.4 Å². The van der Waals surface area contributed by atoms with Crippen molar-refractivity contribution in [3.8, 4) is 0 Å². The van der Waals surface area contributed by atoms with Gasteiger partial charge in [-0.25, -0.2) is 0 Å². The molecule has 1 aliphatic heterocycles. The summed E-state index contributed by atoms with van der Waals surface area (Å²) in [6.07, 6.45) is 0. The molecule has 0 bridgehead atoms. The molecule has 0 aromatic heterocycles. The molecule has 1 heterocycles. The normalized spacial score (nSPS) is 13.6. The average Bonchev–Trinajstić information content (AvgIpc) is 3.27. The molecular formula is C32H29ClN4O2. The van der Waals surface area contributed by atoms with Crippen LogP contribution in [0.15, 0.2) is 97.1 Å². The van der Waals surface area contributed by atoms with Crippen molar-refractivity contribution < 1.29 is 9.59 Å². The molecule has 7 heteroatoms. The van der Waals surface area contributed by atoms with Crippen LogP contribution in [-0.2, 0) is 17.9 Å². The van der Waals surface area contributed by atoms with E-state index < -0.39 is 0 Å². The van der Waals surface area contributed by atoms with E-state index in [-0.39, 0.29) is 11.8 Å². The molecule has 5 rings (SSSR count). The Labute approximate surface area is 233 Å². The van der Waals surface area contributed by atoms with Crippen LogP contribution in [0.3, 0.4) is 0 Å². The van der Waals surface area contributed by atoms with E-state index in [1.807, 2.05) is 74.8 Å². The summed E-state index contributed by atoms with van der Waals surface area (Å²) < 4.78 is 0. The second kappa shape index (κ2) is 11.6. The van der Waals surface area contributed by atoms with Crippen molar-refractivity contribution in [3.63, 3.8) is 0 Å². The van der Waals surface area contributed by atoms with Gasteiger partial charge < -0.3 is 20.9 Å². The topological polar surface area (TPSA) is 73.5 Å². The fraction of sp³-hybridized carbons (Fsp3) is 0.125. The van der Waals surface area contributed by atoms with Crippen LogP contribution in [0.5, 0.6) is 0 Å². The van der Waals surface area contributed by atoms with Crippen molar-refractivity contribution in [2.24, 2.45) is 0 Å². The summed E-state index contributed by atoms with van der Waals surface area (Å²) in [4.78, 5) is 28.5. The smallest absolute Gasteiger partial charge is 0.258 e. The third-order valence-corrected chi connectivity index (χ3v) is 6.83. The van der Waals surface area contributed by atoms with Gasteiger partial charge in [-0.15, -0.1) is 0 Å². The highest BCUT2D eigenvalue weighted by Gasteiger charge is 2.29. The molecule has 0 aliphatic carbocycles. The molecule has 0 radical (unpaired) electrons. The van der Waals surface area contributed by atoms with Crippen LogP contribution >= 0.6 is 11.6 Å². The minimum Gasteiger partial charge on any atom is -0.354 e. The Bertz CT molecular complexity index is 1550. The molecule has 1 aliphatic rings. The van der Waals surface area contributed by atoms with Crippen molar-refractivity contribution in [2.75, 3.05) is 24.7 Å². The number of carbonyl (C=O) groups is 2. The molecular weight excluding hydrogens is 508 g/mol. The van der Waals surface area contributed by atoms with Crippen LogP contribution in [0.2, 0.25) is 5.02 Å². The van der Waals surface area contributed by atoms with E-state index in [1.54, 1.807) is 24.3 Å². The molecule has 3 N–H and O–H groups in total. The number of amides is 2. The maximum atomic E-state index is 13.3. The first-order valence-corrected chi connectivity index (χ1v) is 13.0. The highest BCUT2D eigenvalue weighted by Crippen LogP contribution is 2.38. The lowest BCUT2D eigenvalue weighted by Gasteiger charge is -2.16. The highest BCUT2D eigenvalue weighted by molar-refractivity contribution is 6.37. The predicted molar refractivity (Wildman–Crippen MR) is 158 cm³/mol. The van der Waals surface area contributed by atoms with Gasteiger partial charge in [0, 0.05) is 40.6 Å². The molecule has 0 fully saturated rings. The van der Waals surface area contributed by atoms with Crippen molar-refractivity contribution in [2.45, 2.75) is 13.1 Å². The van der Waals surface area contributed by atoms with Gasteiger partial charge in [0.1, 0.15) is 0 Å². The Kier molecular flexibility index (Phi) is 7.77. The molecule has 6 nitrogen and oxygen atoms in total. The third-order valence-electron chi connectivity index (χ3n) is 6.46. The fourth-order valence-corrected chi connectivity index (χ4v) is 4.77. The number of carbonyl (C=O) groups excluding carboxylic acids is 2. The lowest BCUT2D eigenvalue weighted by molar-refractivity contribution is -0.110. The number of nitrogens with zero attached hydrogens (tertiary/aromatic N) is 1. The monoisotopic (exact) mass is 536 g/mol. The number of hydrogen-bond donors (Lipinski definition) is 3. The Morgan fingerprint density at radius 2 is 1.59 bits per heavy atom. The van der Waals surface area contributed by atoms with Gasteiger partial charge in [-0.2, -0.15) is 0 Å². The van der Waals surface area contributed by atoms with Crippen LogP contribution in [0.25, 0.3) is 11.3 Å². The summed E-state index contributed by atoms with van der Waals surface area (Å²) in [6, 6.07) is 30.5. The molecule has 0 unspecified atom stereocenters. The summed E-state index contributed by atoms with van der Waals surface area (Å²) in [5.74, 6) is -0.476. The summed E-state index contributed by atoms with van der Waals surface area (Å²) in [5.41, 5.74) is 6.68. The molecule has 0 spiro atoms. The van der Waals surface area contributed by atoms with E-state index in [0.717, 1.165) is 23.4 Å². The third kappa shape index (κ3) is 6.03. The maximum absolute atomic E-state index is 13.3. The van der Waals surface area contributed by atoms with Gasteiger partial charge in [0.15, 0.2) is 0 Å². The summed E-state index contributed by atoms with van der Waals surface area (Å²) in [6.45, 7) is 1.14. The van der Waals surface area contributed by atoms with Crippen molar-refractivity contribution in [1.29, 1.82) is 0 Å². The lowest BCUT2D eigenvalue weighted by Crippen LogP contribution is -2.23. The molecule has 2 amide bonds. The van der Waals surface area contributed by atoms with E-state index in [1.165, 1.54) is 5.56 Å². The highest BCUT2D eigenvalue weighted by atomic mass is 35.5. The van der Waals surface area contributed by atoms with Crippen LogP contribution in [0, 0.1) is 0 Å². The first kappa shape index (κ1) is 26.2. The predicted octanol–water partition coefficient (Wildman–Crippen LogP) is 6.26. The van der Waals surface area contributed by atoms with Crippen molar-refractivity contribution >= 4 is 46.1 Å². The average molecular weight is 537 g/mol. The molecule has 4 aromatic carbocycles. The van der Waals surface area contributed by atoms with Crippen LogP contribution < -0.4 is 16.0 Å². The van der Waals surface area contributed by atoms with E-state index in [0.29, 0.717) is 39.7 Å². The van der Waals surface area contributed by atoms with E-state index in [2.05, 4.69) is 33.0 Å².